The van der Waals surface area contributed by atoms with Crippen molar-refractivity contribution in [1.29, 1.82) is 0 Å². The lowest BCUT2D eigenvalue weighted by molar-refractivity contribution is 1.02. The van der Waals surface area contributed by atoms with E-state index in [1.807, 2.05) is 11.3 Å². The van der Waals surface area contributed by atoms with E-state index in [1.54, 1.807) is 0 Å². The Bertz CT molecular complexity index is 3440. The summed E-state index contributed by atoms with van der Waals surface area (Å²) < 4.78 is 7.56. The average Bonchev–Trinajstić information content (AvgIpc) is 3.94. The number of allylic oxidation sites excluding steroid dienone is 4. The van der Waals surface area contributed by atoms with Crippen molar-refractivity contribution >= 4 is 80.8 Å². The Morgan fingerprint density at radius 3 is 1.89 bits per heavy atom. The van der Waals surface area contributed by atoms with Gasteiger partial charge in [-0.25, -0.2) is 0 Å². The van der Waals surface area contributed by atoms with Crippen molar-refractivity contribution in [3.05, 3.63) is 194 Å². The second-order valence-corrected chi connectivity index (χ2v) is 16.2. The van der Waals surface area contributed by atoms with Crippen LogP contribution in [0.2, 0.25) is 0 Å². The third kappa shape index (κ3) is 5.02. The first-order chi connectivity index (χ1) is 28.3. The van der Waals surface area contributed by atoms with E-state index in [9.17, 15) is 0 Å². The van der Waals surface area contributed by atoms with Crippen molar-refractivity contribution < 1.29 is 0 Å². The van der Waals surface area contributed by atoms with Crippen LogP contribution in [0.25, 0.3) is 109 Å². The summed E-state index contributed by atoms with van der Waals surface area (Å²) in [6, 6.07) is 65.2. The molecule has 1 aliphatic carbocycles. The number of para-hydroxylation sites is 2. The highest BCUT2D eigenvalue weighted by Crippen LogP contribution is 2.45. The zero-order valence-corrected chi connectivity index (χ0v) is 32.0. The second-order valence-electron chi connectivity index (χ2n) is 15.2. The first-order valence-electron chi connectivity index (χ1n) is 19.8. The van der Waals surface area contributed by atoms with Crippen molar-refractivity contribution in [3.63, 3.8) is 0 Å². The quantitative estimate of drug-likeness (QED) is 0.166. The van der Waals surface area contributed by atoms with Crippen LogP contribution in [0.5, 0.6) is 0 Å². The van der Waals surface area contributed by atoms with Gasteiger partial charge in [0.2, 0.25) is 0 Å². The molecule has 3 heterocycles. The highest BCUT2D eigenvalue weighted by Gasteiger charge is 2.21. The first-order valence-corrected chi connectivity index (χ1v) is 20.6. The summed E-state index contributed by atoms with van der Waals surface area (Å²) in [5.41, 5.74) is 14.7. The smallest absolute Gasteiger partial charge is 0.0547 e. The Morgan fingerprint density at radius 1 is 0.404 bits per heavy atom. The van der Waals surface area contributed by atoms with Crippen LogP contribution in [0.1, 0.15) is 12.8 Å². The fraction of sp³-hybridized carbons (Fsp3) is 0.0370. The number of fused-ring (bicyclic) bond motifs is 9. The van der Waals surface area contributed by atoms with Gasteiger partial charge in [0.05, 0.1) is 22.1 Å². The summed E-state index contributed by atoms with van der Waals surface area (Å²) >= 11 is 1.89. The monoisotopic (exact) mass is 744 g/mol. The van der Waals surface area contributed by atoms with Gasteiger partial charge >= 0.3 is 0 Å². The van der Waals surface area contributed by atoms with Crippen LogP contribution >= 0.6 is 11.3 Å². The molecule has 0 unspecified atom stereocenters. The lowest BCUT2D eigenvalue weighted by atomic mass is 9.97. The maximum Gasteiger partial charge on any atom is 0.0547 e. The van der Waals surface area contributed by atoms with Gasteiger partial charge < -0.3 is 9.13 Å². The van der Waals surface area contributed by atoms with E-state index in [1.165, 1.54) is 109 Å². The second kappa shape index (κ2) is 12.8. The fourth-order valence-corrected chi connectivity index (χ4v) is 10.6. The molecule has 0 aliphatic heterocycles. The lowest BCUT2D eigenvalue weighted by Gasteiger charge is -2.13. The summed E-state index contributed by atoms with van der Waals surface area (Å²) in [4.78, 5) is 0. The maximum absolute atomic E-state index is 2.49. The maximum atomic E-state index is 2.49. The van der Waals surface area contributed by atoms with Crippen LogP contribution in [0, 0.1) is 0 Å². The molecule has 57 heavy (non-hydrogen) atoms. The van der Waals surface area contributed by atoms with E-state index < -0.39 is 0 Å². The SMILES string of the molecule is C1=CC(n2c3ccccc3c3cc(-c4cccc5c4c4ccccc4n5-c4cc(-c5ccc(-c6ccccc6)cc5)c5sc6ccccc6c5c4)ccc32)=CCC1. The van der Waals surface area contributed by atoms with Crippen LogP contribution in [-0.2, 0) is 0 Å². The van der Waals surface area contributed by atoms with Crippen LogP contribution in [0.15, 0.2) is 194 Å². The number of hydrogen-bond acceptors (Lipinski definition) is 1. The van der Waals surface area contributed by atoms with E-state index in [2.05, 4.69) is 203 Å². The first kappa shape index (κ1) is 32.3. The molecule has 1 aliphatic rings. The molecule has 12 rings (SSSR count). The molecule has 3 aromatic heterocycles. The number of hydrogen-bond donors (Lipinski definition) is 0. The van der Waals surface area contributed by atoms with Gasteiger partial charge in [-0.15, -0.1) is 11.3 Å². The van der Waals surface area contributed by atoms with Crippen LogP contribution in [0.3, 0.4) is 0 Å². The molecule has 0 atom stereocenters. The molecule has 8 aromatic carbocycles. The average molecular weight is 745 g/mol. The Balaban J connectivity index is 1.09. The van der Waals surface area contributed by atoms with E-state index in [0.29, 0.717) is 0 Å². The molecule has 0 spiro atoms. The van der Waals surface area contributed by atoms with E-state index in [4.69, 9.17) is 0 Å². The Morgan fingerprint density at radius 2 is 1.07 bits per heavy atom. The Kier molecular flexibility index (Phi) is 7.26. The lowest BCUT2D eigenvalue weighted by Crippen LogP contribution is -1.96. The van der Waals surface area contributed by atoms with Crippen molar-refractivity contribution in [2.24, 2.45) is 0 Å². The van der Waals surface area contributed by atoms with Gasteiger partial charge in [-0.05, 0) is 95.3 Å². The summed E-state index contributed by atoms with van der Waals surface area (Å²) in [6.45, 7) is 0. The minimum absolute atomic E-state index is 1.07. The third-order valence-corrected chi connectivity index (χ3v) is 13.2. The zero-order valence-electron chi connectivity index (χ0n) is 31.2. The number of nitrogens with zero attached hydrogens (tertiary/aromatic N) is 2. The molecule has 0 N–H and O–H groups in total. The highest BCUT2D eigenvalue weighted by molar-refractivity contribution is 7.26. The number of thiophene rings is 1. The molecule has 0 radical (unpaired) electrons. The molecule has 0 amide bonds. The Labute approximate surface area is 334 Å². The largest absolute Gasteiger partial charge is 0.310 e. The van der Waals surface area contributed by atoms with Gasteiger partial charge in [0.25, 0.3) is 0 Å². The van der Waals surface area contributed by atoms with Crippen molar-refractivity contribution in [3.8, 4) is 39.1 Å². The predicted octanol–water partition coefficient (Wildman–Crippen LogP) is 15.5. The highest BCUT2D eigenvalue weighted by atomic mass is 32.1. The zero-order chi connectivity index (χ0) is 37.5. The minimum atomic E-state index is 1.07. The third-order valence-electron chi connectivity index (χ3n) is 11.9. The van der Waals surface area contributed by atoms with Gasteiger partial charge in [0.15, 0.2) is 0 Å². The fourth-order valence-electron chi connectivity index (χ4n) is 9.35. The van der Waals surface area contributed by atoms with Crippen LogP contribution in [0.4, 0.5) is 0 Å². The topological polar surface area (TPSA) is 9.86 Å². The van der Waals surface area contributed by atoms with Gasteiger partial charge in [0.1, 0.15) is 0 Å². The van der Waals surface area contributed by atoms with Crippen molar-refractivity contribution in [1.82, 2.24) is 9.13 Å². The summed E-state index contributed by atoms with van der Waals surface area (Å²) in [6.07, 6.45) is 9.12. The molecule has 0 fully saturated rings. The van der Waals surface area contributed by atoms with E-state index in [0.717, 1.165) is 12.8 Å². The number of aromatic nitrogens is 2. The van der Waals surface area contributed by atoms with E-state index >= 15 is 0 Å². The van der Waals surface area contributed by atoms with Crippen molar-refractivity contribution in [2.45, 2.75) is 12.8 Å². The summed E-state index contributed by atoms with van der Waals surface area (Å²) in [5.74, 6) is 0. The van der Waals surface area contributed by atoms with Crippen LogP contribution < -0.4 is 0 Å². The number of benzene rings is 8. The predicted molar refractivity (Wildman–Crippen MR) is 246 cm³/mol. The van der Waals surface area contributed by atoms with Crippen molar-refractivity contribution in [2.75, 3.05) is 0 Å². The molecular formula is C54H36N2S. The van der Waals surface area contributed by atoms with Gasteiger partial charge in [0, 0.05) is 58.7 Å². The summed E-state index contributed by atoms with van der Waals surface area (Å²) in [7, 11) is 0. The normalized spacial score (nSPS) is 13.2. The Hall–Kier alpha value is -6.94. The molecular weight excluding hydrogens is 709 g/mol. The van der Waals surface area contributed by atoms with Crippen LogP contribution in [-0.4, -0.2) is 9.13 Å². The van der Waals surface area contributed by atoms with Gasteiger partial charge in [-0.1, -0.05) is 140 Å². The van der Waals surface area contributed by atoms with E-state index in [-0.39, 0.29) is 0 Å². The standard InChI is InChI=1S/C54H36N2S/c1-3-14-35(15-4-1)36-26-28-37(29-27-36)45-33-40(34-47-43-19-9-12-25-52(43)57-54(45)47)56-49-23-11-8-20-44(49)53-41(21-13-24-51(53)56)38-30-31-50-46(32-38)42-18-7-10-22-48(42)55(50)39-16-5-2-6-17-39/h1,3-5,7-34H,2,6H2. The molecule has 0 bridgehead atoms. The minimum Gasteiger partial charge on any atom is -0.310 e. The molecule has 3 heteroatoms. The molecule has 11 aromatic rings. The van der Waals surface area contributed by atoms with Gasteiger partial charge in [-0.2, -0.15) is 0 Å². The van der Waals surface area contributed by atoms with Gasteiger partial charge in [-0.3, -0.25) is 0 Å². The number of rotatable bonds is 5. The molecule has 268 valence electrons. The molecule has 0 saturated carbocycles. The molecule has 0 saturated heterocycles. The molecule has 2 nitrogen and oxygen atoms in total. The summed E-state index contributed by atoms with van der Waals surface area (Å²) in [5, 5.41) is 7.69.